The molecule has 1 aliphatic carbocycles. The van der Waals surface area contributed by atoms with Gasteiger partial charge in [-0.25, -0.2) is 14.8 Å². The average molecular weight is 343 g/mol. The number of carbonyl (C=O) groups is 1. The Labute approximate surface area is 137 Å². The van der Waals surface area contributed by atoms with Crippen LogP contribution in [0.25, 0.3) is 0 Å². The van der Waals surface area contributed by atoms with Gasteiger partial charge in [0.25, 0.3) is 0 Å². The number of likely N-dealkylation sites (tertiary alicyclic amines) is 1. The van der Waals surface area contributed by atoms with Crippen LogP contribution in [0.4, 0.5) is 23.9 Å². The summed E-state index contributed by atoms with van der Waals surface area (Å²) in [7, 11) is 0. The number of nitrogens with zero attached hydrogens (tertiary/aromatic N) is 3. The van der Waals surface area contributed by atoms with Gasteiger partial charge in [-0.3, -0.25) is 0 Å². The molecule has 1 aliphatic heterocycles. The van der Waals surface area contributed by atoms with E-state index in [-0.39, 0.29) is 25.1 Å². The lowest BCUT2D eigenvalue weighted by Crippen LogP contribution is -2.42. The number of anilines is 1. The third kappa shape index (κ3) is 3.25. The van der Waals surface area contributed by atoms with E-state index in [1.807, 2.05) is 0 Å². The second-order valence-corrected chi connectivity index (χ2v) is 6.86. The zero-order valence-corrected chi connectivity index (χ0v) is 13.5. The van der Waals surface area contributed by atoms with E-state index >= 15 is 0 Å². The molecule has 0 aromatic carbocycles. The number of alkyl halides is 3. The predicted molar refractivity (Wildman–Crippen MR) is 81.3 cm³/mol. The first-order valence-corrected chi connectivity index (χ1v) is 7.86. The van der Waals surface area contributed by atoms with E-state index in [0.29, 0.717) is 17.3 Å². The summed E-state index contributed by atoms with van der Waals surface area (Å²) in [5, 5.41) is 5.43. The molecule has 1 saturated carbocycles. The first-order chi connectivity index (χ1) is 11.2. The summed E-state index contributed by atoms with van der Waals surface area (Å²) in [5.41, 5.74) is -0.651. The van der Waals surface area contributed by atoms with E-state index < -0.39 is 11.9 Å². The fourth-order valence-corrected chi connectivity index (χ4v) is 3.36. The van der Waals surface area contributed by atoms with Crippen molar-refractivity contribution < 1.29 is 18.0 Å². The molecular formula is C15H20F3N5O. The number of hydrogen-bond acceptors (Lipinski definition) is 4. The maximum Gasteiger partial charge on any atom is 0.433 e. The Morgan fingerprint density at radius 2 is 2.00 bits per heavy atom. The van der Waals surface area contributed by atoms with Crippen LogP contribution in [-0.2, 0) is 6.18 Å². The average Bonchev–Trinajstić information content (AvgIpc) is 2.90. The molecule has 2 amide bonds. The number of rotatable bonds is 4. The van der Waals surface area contributed by atoms with Crippen molar-refractivity contribution >= 4 is 12.0 Å². The molecule has 6 nitrogen and oxygen atoms in total. The Hall–Kier alpha value is -2.06. The minimum atomic E-state index is -4.50. The molecule has 2 aliphatic rings. The number of amides is 2. The smallest absolute Gasteiger partial charge is 0.352 e. The van der Waals surface area contributed by atoms with Crippen molar-refractivity contribution in [3.05, 3.63) is 18.0 Å². The second-order valence-electron chi connectivity index (χ2n) is 6.86. The van der Waals surface area contributed by atoms with E-state index in [4.69, 9.17) is 0 Å². The molecule has 9 heteroatoms. The van der Waals surface area contributed by atoms with Crippen molar-refractivity contribution in [3.63, 3.8) is 0 Å². The summed E-state index contributed by atoms with van der Waals surface area (Å²) in [5.74, 6) is 1.06. The van der Waals surface area contributed by atoms with E-state index in [1.54, 1.807) is 4.90 Å². The second kappa shape index (κ2) is 5.78. The van der Waals surface area contributed by atoms with Gasteiger partial charge in [-0.15, -0.1) is 0 Å². The van der Waals surface area contributed by atoms with Gasteiger partial charge in [0.2, 0.25) is 5.95 Å². The van der Waals surface area contributed by atoms with Crippen molar-refractivity contribution in [2.75, 3.05) is 31.5 Å². The number of halogens is 3. The van der Waals surface area contributed by atoms with Gasteiger partial charge in [-0.2, -0.15) is 13.2 Å². The van der Waals surface area contributed by atoms with Crippen LogP contribution in [0.1, 0.15) is 19.5 Å². The van der Waals surface area contributed by atoms with Crippen molar-refractivity contribution in [1.29, 1.82) is 0 Å². The SMILES string of the molecule is CC1(C)C2CN(C(=O)NCCNc3nccc(C(F)(F)F)n3)CC21. The monoisotopic (exact) mass is 343 g/mol. The summed E-state index contributed by atoms with van der Waals surface area (Å²) in [4.78, 5) is 21.0. The molecule has 24 heavy (non-hydrogen) atoms. The van der Waals surface area contributed by atoms with Gasteiger partial charge in [0.1, 0.15) is 5.69 Å². The first kappa shape index (κ1) is 16.8. The molecule has 132 valence electrons. The highest BCUT2D eigenvalue weighted by Gasteiger charge is 2.62. The molecule has 2 unspecified atom stereocenters. The summed E-state index contributed by atoms with van der Waals surface area (Å²) >= 11 is 0. The largest absolute Gasteiger partial charge is 0.433 e. The lowest BCUT2D eigenvalue weighted by Gasteiger charge is -2.22. The van der Waals surface area contributed by atoms with Crippen LogP contribution in [0.15, 0.2) is 12.3 Å². The number of nitrogens with one attached hydrogen (secondary N) is 2. The minimum Gasteiger partial charge on any atom is -0.352 e. The first-order valence-electron chi connectivity index (χ1n) is 7.86. The third-order valence-corrected chi connectivity index (χ3v) is 5.04. The van der Waals surface area contributed by atoms with Crippen molar-refractivity contribution in [1.82, 2.24) is 20.2 Å². The van der Waals surface area contributed by atoms with Gasteiger partial charge in [-0.05, 0) is 23.3 Å². The maximum absolute atomic E-state index is 12.5. The van der Waals surface area contributed by atoms with Gasteiger partial charge in [0.15, 0.2) is 0 Å². The highest BCUT2D eigenvalue weighted by molar-refractivity contribution is 5.74. The molecule has 1 saturated heterocycles. The van der Waals surface area contributed by atoms with Crippen LogP contribution in [0.5, 0.6) is 0 Å². The van der Waals surface area contributed by atoms with Gasteiger partial charge in [0, 0.05) is 32.4 Å². The van der Waals surface area contributed by atoms with Crippen LogP contribution >= 0.6 is 0 Å². The molecule has 2 fully saturated rings. The molecule has 1 aromatic heterocycles. The molecular weight excluding hydrogens is 323 g/mol. The number of aromatic nitrogens is 2. The fourth-order valence-electron chi connectivity index (χ4n) is 3.36. The number of hydrogen-bond donors (Lipinski definition) is 2. The van der Waals surface area contributed by atoms with E-state index in [0.717, 1.165) is 25.4 Å². The molecule has 0 radical (unpaired) electrons. The van der Waals surface area contributed by atoms with Gasteiger partial charge < -0.3 is 15.5 Å². The summed E-state index contributed by atoms with van der Waals surface area (Å²) in [6, 6.07) is 0.678. The lowest BCUT2D eigenvalue weighted by atomic mass is 10.1. The molecule has 2 atom stereocenters. The minimum absolute atomic E-state index is 0.108. The predicted octanol–water partition coefficient (Wildman–Crippen LogP) is 2.20. The fraction of sp³-hybridized carbons (Fsp3) is 0.667. The highest BCUT2D eigenvalue weighted by atomic mass is 19.4. The Balaban J connectivity index is 1.39. The normalized spacial score (nSPS) is 24.5. The quantitative estimate of drug-likeness (QED) is 0.823. The zero-order valence-electron chi connectivity index (χ0n) is 13.5. The Bertz CT molecular complexity index is 620. The number of piperidine rings is 1. The molecule has 0 bridgehead atoms. The zero-order chi connectivity index (χ0) is 17.5. The molecule has 2 N–H and O–H groups in total. The molecule has 1 aromatic rings. The Kier molecular flexibility index (Phi) is 4.05. The van der Waals surface area contributed by atoms with Crippen LogP contribution < -0.4 is 10.6 Å². The Morgan fingerprint density at radius 3 is 2.62 bits per heavy atom. The Morgan fingerprint density at radius 1 is 1.33 bits per heavy atom. The van der Waals surface area contributed by atoms with Crippen LogP contribution in [0.2, 0.25) is 0 Å². The number of fused-ring (bicyclic) bond motifs is 1. The third-order valence-electron chi connectivity index (χ3n) is 5.04. The number of carbonyl (C=O) groups excluding carboxylic acids is 1. The van der Waals surface area contributed by atoms with Crippen molar-refractivity contribution in [2.45, 2.75) is 20.0 Å². The summed E-state index contributed by atoms with van der Waals surface area (Å²) in [6.45, 7) is 6.52. The van der Waals surface area contributed by atoms with Crippen molar-refractivity contribution in [2.24, 2.45) is 17.3 Å². The highest BCUT2D eigenvalue weighted by Crippen LogP contribution is 2.61. The van der Waals surface area contributed by atoms with Crippen LogP contribution in [0.3, 0.4) is 0 Å². The maximum atomic E-state index is 12.5. The molecule has 3 rings (SSSR count). The number of urea groups is 1. The van der Waals surface area contributed by atoms with E-state index in [9.17, 15) is 18.0 Å². The lowest BCUT2D eigenvalue weighted by molar-refractivity contribution is -0.141. The summed E-state index contributed by atoms with van der Waals surface area (Å²) in [6.07, 6.45) is -3.45. The van der Waals surface area contributed by atoms with E-state index in [2.05, 4.69) is 34.4 Å². The van der Waals surface area contributed by atoms with Crippen LogP contribution in [-0.4, -0.2) is 47.1 Å². The van der Waals surface area contributed by atoms with E-state index in [1.165, 1.54) is 0 Å². The molecule has 0 spiro atoms. The summed E-state index contributed by atoms with van der Waals surface area (Å²) < 4.78 is 37.6. The van der Waals surface area contributed by atoms with Crippen LogP contribution in [0, 0.1) is 17.3 Å². The van der Waals surface area contributed by atoms with Gasteiger partial charge in [-0.1, -0.05) is 13.8 Å². The van der Waals surface area contributed by atoms with Gasteiger partial charge >= 0.3 is 12.2 Å². The van der Waals surface area contributed by atoms with Gasteiger partial charge in [0.05, 0.1) is 0 Å². The molecule has 2 heterocycles. The van der Waals surface area contributed by atoms with Crippen molar-refractivity contribution in [3.8, 4) is 0 Å². The standard InChI is InChI=1S/C15H20F3N5O/c1-14(2)9-7-23(8-10(9)14)13(24)21-6-5-20-12-19-4-3-11(22-12)15(16,17)18/h3-4,9-10H,5-8H2,1-2H3,(H,21,24)(H,19,20,22). The topological polar surface area (TPSA) is 70.2 Å².